The molecule has 0 saturated carbocycles. The molecule has 2 rings (SSSR count). The van der Waals surface area contributed by atoms with E-state index in [1.54, 1.807) is 7.11 Å². The Hall–Kier alpha value is -2.12. The number of nitrogens with one attached hydrogen (secondary N) is 1. The molecule has 4 nitrogen and oxygen atoms in total. The number of likely N-dealkylation sites (N-methyl/N-ethyl adjacent to an activating group) is 1. The molecule has 0 radical (unpaired) electrons. The number of ether oxygens (including phenoxy) is 1. The first kappa shape index (κ1) is 20.2. The molecule has 0 aliphatic rings. The highest BCUT2D eigenvalue weighted by atomic mass is 32.2. The summed E-state index contributed by atoms with van der Waals surface area (Å²) in [6.07, 6.45) is 0. The Morgan fingerprint density at radius 2 is 1.96 bits per heavy atom. The zero-order valence-corrected chi connectivity index (χ0v) is 15.8. The van der Waals surface area contributed by atoms with Crippen molar-refractivity contribution >= 4 is 17.7 Å². The van der Waals surface area contributed by atoms with Gasteiger partial charge < -0.3 is 15.0 Å². The summed E-state index contributed by atoms with van der Waals surface area (Å²) in [7, 11) is 5.49. The highest BCUT2D eigenvalue weighted by Gasteiger charge is 2.16. The number of amides is 1. The molecule has 0 aromatic heterocycles. The van der Waals surface area contributed by atoms with E-state index >= 15 is 0 Å². The third-order valence-electron chi connectivity index (χ3n) is 3.86. The van der Waals surface area contributed by atoms with E-state index in [0.717, 1.165) is 35.2 Å². The van der Waals surface area contributed by atoms with Crippen LogP contribution in [0.25, 0.3) is 0 Å². The van der Waals surface area contributed by atoms with Crippen LogP contribution in [0.1, 0.15) is 11.6 Å². The Kier molecular flexibility index (Phi) is 7.41. The molecule has 0 heterocycles. The van der Waals surface area contributed by atoms with Crippen LogP contribution in [-0.2, 0) is 4.79 Å². The number of carbonyl (C=O) groups excluding carboxylic acids is 1. The lowest BCUT2D eigenvalue weighted by Gasteiger charge is -2.25. The number of nitrogens with zero attached hydrogens (tertiary/aromatic N) is 1. The molecule has 0 aliphatic carbocycles. The van der Waals surface area contributed by atoms with Gasteiger partial charge in [-0.25, -0.2) is 8.78 Å². The molecule has 0 spiro atoms. The fourth-order valence-electron chi connectivity index (χ4n) is 2.42. The van der Waals surface area contributed by atoms with Crippen molar-refractivity contribution in [1.29, 1.82) is 0 Å². The van der Waals surface area contributed by atoms with Crippen molar-refractivity contribution < 1.29 is 18.3 Å². The number of hydrogen-bond donors (Lipinski definition) is 1. The molecule has 0 aliphatic heterocycles. The van der Waals surface area contributed by atoms with E-state index in [0.29, 0.717) is 11.4 Å². The fraction of sp³-hybridized carbons (Fsp3) is 0.316. The molecule has 0 unspecified atom stereocenters. The zero-order valence-electron chi connectivity index (χ0n) is 15.0. The SMILES string of the molecule is COc1cccc([C@@H](CNC(=O)CSc2ccc(F)c(F)c2)N(C)C)c1. The van der Waals surface area contributed by atoms with Crippen LogP contribution in [0.4, 0.5) is 8.78 Å². The largest absolute Gasteiger partial charge is 0.497 e. The van der Waals surface area contributed by atoms with Gasteiger partial charge in [-0.1, -0.05) is 12.1 Å². The van der Waals surface area contributed by atoms with Crippen molar-refractivity contribution in [2.24, 2.45) is 0 Å². The number of methoxy groups -OCH3 is 1. The third kappa shape index (κ3) is 5.71. The molecule has 140 valence electrons. The van der Waals surface area contributed by atoms with Gasteiger partial charge in [-0.15, -0.1) is 11.8 Å². The highest BCUT2D eigenvalue weighted by molar-refractivity contribution is 8.00. The summed E-state index contributed by atoms with van der Waals surface area (Å²) in [5.41, 5.74) is 1.03. The van der Waals surface area contributed by atoms with Gasteiger partial charge in [-0.3, -0.25) is 4.79 Å². The summed E-state index contributed by atoms with van der Waals surface area (Å²) in [6, 6.07) is 11.3. The first-order valence-corrected chi connectivity index (χ1v) is 9.04. The molecule has 26 heavy (non-hydrogen) atoms. The van der Waals surface area contributed by atoms with Crippen LogP contribution in [0.2, 0.25) is 0 Å². The van der Waals surface area contributed by atoms with Gasteiger partial charge in [0.2, 0.25) is 5.91 Å². The molecule has 2 aromatic rings. The van der Waals surface area contributed by atoms with Gasteiger partial charge in [0.15, 0.2) is 11.6 Å². The molecule has 0 bridgehead atoms. The van der Waals surface area contributed by atoms with Gasteiger partial charge in [-0.05, 0) is 50.0 Å². The van der Waals surface area contributed by atoms with Crippen molar-refractivity contribution in [3.8, 4) is 5.75 Å². The molecule has 2 aromatic carbocycles. The molecular weight excluding hydrogens is 358 g/mol. The van der Waals surface area contributed by atoms with Crippen molar-refractivity contribution in [2.45, 2.75) is 10.9 Å². The standard InChI is InChI=1S/C19H22F2N2O2S/c1-23(2)18(13-5-4-6-14(9-13)25-3)11-22-19(24)12-26-15-7-8-16(20)17(21)10-15/h4-10,18H,11-12H2,1-3H3,(H,22,24)/t18-/m1/s1. The Morgan fingerprint density at radius 3 is 2.62 bits per heavy atom. The number of hydrogen-bond acceptors (Lipinski definition) is 4. The Labute approximate surface area is 156 Å². The number of benzene rings is 2. The van der Waals surface area contributed by atoms with Gasteiger partial charge in [0.05, 0.1) is 18.9 Å². The zero-order chi connectivity index (χ0) is 19.1. The van der Waals surface area contributed by atoms with Crippen LogP contribution in [0, 0.1) is 11.6 Å². The van der Waals surface area contributed by atoms with E-state index in [1.165, 1.54) is 6.07 Å². The normalized spacial score (nSPS) is 12.1. The van der Waals surface area contributed by atoms with Crippen LogP contribution in [0.5, 0.6) is 5.75 Å². The second-order valence-electron chi connectivity index (χ2n) is 5.92. The molecule has 1 atom stereocenters. The average molecular weight is 380 g/mol. The number of rotatable bonds is 8. The minimum absolute atomic E-state index is 0.0117. The van der Waals surface area contributed by atoms with Crippen LogP contribution >= 0.6 is 11.8 Å². The topological polar surface area (TPSA) is 41.6 Å². The number of carbonyl (C=O) groups is 1. The van der Waals surface area contributed by atoms with Gasteiger partial charge >= 0.3 is 0 Å². The molecule has 1 N–H and O–H groups in total. The van der Waals surface area contributed by atoms with E-state index in [4.69, 9.17) is 4.74 Å². The van der Waals surface area contributed by atoms with Crippen LogP contribution in [0.15, 0.2) is 47.4 Å². The lowest BCUT2D eigenvalue weighted by Crippen LogP contribution is -2.35. The predicted molar refractivity (Wildman–Crippen MR) is 99.5 cm³/mol. The molecular formula is C19H22F2N2O2S. The fourth-order valence-corrected chi connectivity index (χ4v) is 3.18. The molecule has 1 amide bonds. The maximum atomic E-state index is 13.2. The van der Waals surface area contributed by atoms with E-state index in [9.17, 15) is 13.6 Å². The second kappa shape index (κ2) is 9.54. The Balaban J connectivity index is 1.91. The monoisotopic (exact) mass is 380 g/mol. The van der Waals surface area contributed by atoms with Gasteiger partial charge in [-0.2, -0.15) is 0 Å². The molecule has 7 heteroatoms. The minimum Gasteiger partial charge on any atom is -0.497 e. The van der Waals surface area contributed by atoms with Crippen molar-refractivity contribution in [3.05, 3.63) is 59.7 Å². The summed E-state index contributed by atoms with van der Waals surface area (Å²) < 4.78 is 31.4. The van der Waals surface area contributed by atoms with E-state index in [1.807, 2.05) is 43.3 Å². The number of halogens is 2. The average Bonchev–Trinajstić information content (AvgIpc) is 2.62. The van der Waals surface area contributed by atoms with E-state index in [2.05, 4.69) is 5.32 Å². The highest BCUT2D eigenvalue weighted by Crippen LogP contribution is 2.23. The lowest BCUT2D eigenvalue weighted by atomic mass is 10.1. The van der Waals surface area contributed by atoms with E-state index in [-0.39, 0.29) is 17.7 Å². The van der Waals surface area contributed by atoms with Crippen LogP contribution in [-0.4, -0.2) is 44.3 Å². The van der Waals surface area contributed by atoms with Gasteiger partial charge in [0.1, 0.15) is 5.75 Å². The maximum Gasteiger partial charge on any atom is 0.230 e. The second-order valence-corrected chi connectivity index (χ2v) is 6.97. The maximum absolute atomic E-state index is 13.2. The summed E-state index contributed by atoms with van der Waals surface area (Å²) in [4.78, 5) is 14.6. The van der Waals surface area contributed by atoms with E-state index < -0.39 is 11.6 Å². The van der Waals surface area contributed by atoms with Crippen molar-refractivity contribution in [1.82, 2.24) is 10.2 Å². The lowest BCUT2D eigenvalue weighted by molar-refractivity contribution is -0.118. The smallest absolute Gasteiger partial charge is 0.230 e. The summed E-state index contributed by atoms with van der Waals surface area (Å²) in [5, 5.41) is 2.89. The predicted octanol–water partition coefficient (Wildman–Crippen LogP) is 3.48. The summed E-state index contributed by atoms with van der Waals surface area (Å²) in [5.74, 6) is -1.10. The third-order valence-corrected chi connectivity index (χ3v) is 4.85. The van der Waals surface area contributed by atoms with Crippen LogP contribution in [0.3, 0.4) is 0 Å². The quantitative estimate of drug-likeness (QED) is 0.712. The Morgan fingerprint density at radius 1 is 1.19 bits per heavy atom. The first-order chi connectivity index (χ1) is 12.4. The Bertz CT molecular complexity index is 756. The van der Waals surface area contributed by atoms with Crippen LogP contribution < -0.4 is 10.1 Å². The van der Waals surface area contributed by atoms with Gasteiger partial charge in [0.25, 0.3) is 0 Å². The summed E-state index contributed by atoms with van der Waals surface area (Å²) >= 11 is 1.16. The summed E-state index contributed by atoms with van der Waals surface area (Å²) in [6.45, 7) is 0.428. The minimum atomic E-state index is -0.916. The van der Waals surface area contributed by atoms with Crippen molar-refractivity contribution in [2.75, 3.05) is 33.5 Å². The first-order valence-electron chi connectivity index (χ1n) is 8.05. The number of thioether (sulfide) groups is 1. The molecule has 0 fully saturated rings. The molecule has 0 saturated heterocycles. The van der Waals surface area contributed by atoms with Gasteiger partial charge in [0, 0.05) is 11.4 Å². The van der Waals surface area contributed by atoms with Crippen molar-refractivity contribution in [3.63, 3.8) is 0 Å².